The summed E-state index contributed by atoms with van der Waals surface area (Å²) < 4.78 is 6.18. The van der Waals surface area contributed by atoms with Crippen LogP contribution >= 0.6 is 11.8 Å². The van der Waals surface area contributed by atoms with Crippen molar-refractivity contribution in [2.24, 2.45) is 5.92 Å². The molecule has 0 bridgehead atoms. The van der Waals surface area contributed by atoms with Crippen LogP contribution < -0.4 is 0 Å². The van der Waals surface area contributed by atoms with E-state index < -0.39 is 0 Å². The van der Waals surface area contributed by atoms with Gasteiger partial charge in [-0.1, -0.05) is 38.0 Å². The summed E-state index contributed by atoms with van der Waals surface area (Å²) in [4.78, 5) is 1.39. The molecule has 0 radical (unpaired) electrons. The van der Waals surface area contributed by atoms with Crippen molar-refractivity contribution in [3.05, 3.63) is 30.3 Å². The predicted octanol–water partition coefficient (Wildman–Crippen LogP) is 4.13. The second-order valence-electron chi connectivity index (χ2n) is 5.41. The quantitative estimate of drug-likeness (QED) is 0.778. The Morgan fingerprint density at radius 3 is 2.59 bits per heavy atom. The lowest BCUT2D eigenvalue weighted by atomic mass is 9.93. The first-order valence-corrected chi connectivity index (χ1v) is 7.54. The molecule has 1 spiro atoms. The van der Waals surface area contributed by atoms with E-state index in [-0.39, 0.29) is 5.60 Å². The first-order chi connectivity index (χ1) is 8.30. The lowest BCUT2D eigenvalue weighted by Gasteiger charge is -2.31. The van der Waals surface area contributed by atoms with Crippen LogP contribution in [0.3, 0.4) is 0 Å². The second-order valence-corrected chi connectivity index (χ2v) is 6.63. The van der Waals surface area contributed by atoms with Crippen LogP contribution in [-0.4, -0.2) is 17.5 Å². The average Bonchev–Trinajstić information content (AvgIpc) is 2.94. The summed E-state index contributed by atoms with van der Waals surface area (Å²) in [7, 11) is 0. The summed E-state index contributed by atoms with van der Waals surface area (Å²) in [5, 5.41) is 0.646. The molecule has 0 aromatic heterocycles. The van der Waals surface area contributed by atoms with Crippen molar-refractivity contribution < 1.29 is 4.74 Å². The zero-order valence-corrected chi connectivity index (χ0v) is 11.2. The van der Waals surface area contributed by atoms with Gasteiger partial charge in [0.1, 0.15) is 0 Å². The van der Waals surface area contributed by atoms with Crippen LogP contribution in [0.5, 0.6) is 0 Å². The van der Waals surface area contributed by atoms with Crippen LogP contribution in [0.2, 0.25) is 0 Å². The van der Waals surface area contributed by atoms with E-state index in [1.54, 1.807) is 0 Å². The van der Waals surface area contributed by atoms with Gasteiger partial charge in [-0.05, 0) is 30.9 Å². The molecule has 0 amide bonds. The fraction of sp³-hybridized carbons (Fsp3) is 0.600. The summed E-state index contributed by atoms with van der Waals surface area (Å²) in [5.41, 5.74) is 0.194. The van der Waals surface area contributed by atoms with Crippen molar-refractivity contribution in [1.82, 2.24) is 0 Å². The van der Waals surface area contributed by atoms with Crippen LogP contribution in [0.4, 0.5) is 0 Å². The highest BCUT2D eigenvalue weighted by molar-refractivity contribution is 8.00. The molecule has 1 aromatic rings. The normalized spacial score (nSPS) is 31.1. The number of rotatable bonds is 2. The Morgan fingerprint density at radius 1 is 1.18 bits per heavy atom. The minimum atomic E-state index is 0.194. The zero-order valence-electron chi connectivity index (χ0n) is 10.4. The van der Waals surface area contributed by atoms with Gasteiger partial charge >= 0.3 is 0 Å². The van der Waals surface area contributed by atoms with E-state index in [1.807, 2.05) is 11.8 Å². The largest absolute Gasteiger partial charge is 0.373 e. The number of ether oxygens (including phenoxy) is 1. The van der Waals surface area contributed by atoms with E-state index >= 15 is 0 Å². The molecule has 2 fully saturated rings. The standard InChI is InChI=1S/C15H20OS/c1-12-11-16-15(9-5-6-10-15)14(12)17-13-7-3-2-4-8-13/h2-4,7-8,12,14H,5-6,9-11H2,1H3/t12-,14-/m1/s1. The Labute approximate surface area is 108 Å². The number of hydrogen-bond donors (Lipinski definition) is 0. The van der Waals surface area contributed by atoms with Gasteiger partial charge in [-0.3, -0.25) is 0 Å². The summed E-state index contributed by atoms with van der Waals surface area (Å²) >= 11 is 2.03. The molecule has 2 atom stereocenters. The molecule has 1 saturated carbocycles. The maximum Gasteiger partial charge on any atom is 0.0807 e. The molecule has 1 nitrogen and oxygen atoms in total. The third-order valence-corrected chi connectivity index (χ3v) is 5.82. The first-order valence-electron chi connectivity index (χ1n) is 6.66. The molecule has 2 aliphatic rings. The number of benzene rings is 1. The summed E-state index contributed by atoms with van der Waals surface area (Å²) in [6, 6.07) is 10.8. The minimum Gasteiger partial charge on any atom is -0.373 e. The Kier molecular flexibility index (Phi) is 3.18. The number of hydrogen-bond acceptors (Lipinski definition) is 2. The Morgan fingerprint density at radius 2 is 1.88 bits per heavy atom. The van der Waals surface area contributed by atoms with Crippen molar-refractivity contribution in [2.45, 2.75) is 48.4 Å². The van der Waals surface area contributed by atoms with Gasteiger partial charge in [-0.25, -0.2) is 0 Å². The van der Waals surface area contributed by atoms with E-state index in [1.165, 1.54) is 30.6 Å². The topological polar surface area (TPSA) is 9.23 Å². The van der Waals surface area contributed by atoms with Crippen LogP contribution in [-0.2, 0) is 4.74 Å². The monoisotopic (exact) mass is 248 g/mol. The summed E-state index contributed by atoms with van der Waals surface area (Å²) in [6.45, 7) is 3.29. The van der Waals surface area contributed by atoms with Crippen molar-refractivity contribution in [2.75, 3.05) is 6.61 Å². The molecule has 0 unspecified atom stereocenters. The zero-order chi connectivity index (χ0) is 11.7. The van der Waals surface area contributed by atoms with E-state index in [9.17, 15) is 0 Å². The molecule has 1 aliphatic heterocycles. The molecule has 1 aromatic carbocycles. The van der Waals surface area contributed by atoms with E-state index in [4.69, 9.17) is 4.74 Å². The fourth-order valence-electron chi connectivity index (χ4n) is 3.26. The highest BCUT2D eigenvalue weighted by Crippen LogP contribution is 2.50. The maximum atomic E-state index is 6.18. The lowest BCUT2D eigenvalue weighted by Crippen LogP contribution is -2.35. The third kappa shape index (κ3) is 2.13. The Bertz CT molecular complexity index is 370. The van der Waals surface area contributed by atoms with Crippen molar-refractivity contribution >= 4 is 11.8 Å². The van der Waals surface area contributed by atoms with Crippen molar-refractivity contribution in [3.63, 3.8) is 0 Å². The van der Waals surface area contributed by atoms with Gasteiger partial charge in [0.2, 0.25) is 0 Å². The maximum absolute atomic E-state index is 6.18. The van der Waals surface area contributed by atoms with Gasteiger partial charge in [0, 0.05) is 10.1 Å². The van der Waals surface area contributed by atoms with Gasteiger partial charge in [0.05, 0.1) is 12.2 Å². The molecule has 1 saturated heterocycles. The van der Waals surface area contributed by atoms with Gasteiger partial charge in [0.25, 0.3) is 0 Å². The highest BCUT2D eigenvalue weighted by atomic mass is 32.2. The molecular weight excluding hydrogens is 228 g/mol. The molecular formula is C15H20OS. The summed E-state index contributed by atoms with van der Waals surface area (Å²) in [5.74, 6) is 0.679. The Balaban J connectivity index is 1.80. The van der Waals surface area contributed by atoms with Crippen molar-refractivity contribution in [3.8, 4) is 0 Å². The molecule has 0 N–H and O–H groups in total. The van der Waals surface area contributed by atoms with Crippen LogP contribution in [0.25, 0.3) is 0 Å². The van der Waals surface area contributed by atoms with E-state index in [2.05, 4.69) is 37.3 Å². The predicted molar refractivity (Wildman–Crippen MR) is 72.4 cm³/mol. The highest BCUT2D eigenvalue weighted by Gasteiger charge is 2.49. The van der Waals surface area contributed by atoms with Gasteiger partial charge in [-0.2, -0.15) is 0 Å². The third-order valence-electron chi connectivity index (χ3n) is 4.13. The first kappa shape index (κ1) is 11.6. The Hall–Kier alpha value is -0.470. The molecule has 17 heavy (non-hydrogen) atoms. The lowest BCUT2D eigenvalue weighted by molar-refractivity contribution is 0.0123. The van der Waals surface area contributed by atoms with E-state index in [0.717, 1.165) is 6.61 Å². The van der Waals surface area contributed by atoms with Crippen LogP contribution in [0, 0.1) is 5.92 Å². The van der Waals surface area contributed by atoms with Crippen LogP contribution in [0.15, 0.2) is 35.2 Å². The van der Waals surface area contributed by atoms with Crippen LogP contribution in [0.1, 0.15) is 32.6 Å². The summed E-state index contributed by atoms with van der Waals surface area (Å²) in [6.07, 6.45) is 5.22. The second kappa shape index (κ2) is 4.66. The smallest absolute Gasteiger partial charge is 0.0807 e. The molecule has 3 rings (SSSR count). The fourth-order valence-corrected chi connectivity index (χ4v) is 4.69. The van der Waals surface area contributed by atoms with Crippen molar-refractivity contribution in [1.29, 1.82) is 0 Å². The minimum absolute atomic E-state index is 0.194. The van der Waals surface area contributed by atoms with E-state index in [0.29, 0.717) is 11.2 Å². The molecule has 1 aliphatic carbocycles. The van der Waals surface area contributed by atoms with Gasteiger partial charge in [0.15, 0.2) is 0 Å². The van der Waals surface area contributed by atoms with Gasteiger partial charge < -0.3 is 4.74 Å². The molecule has 1 heterocycles. The molecule has 2 heteroatoms. The average molecular weight is 248 g/mol. The van der Waals surface area contributed by atoms with Gasteiger partial charge in [-0.15, -0.1) is 11.8 Å². The number of thioether (sulfide) groups is 1. The molecule has 92 valence electrons. The SMILES string of the molecule is C[C@@H]1COC2(CCCC2)[C@@H]1Sc1ccccc1.